The van der Waals surface area contributed by atoms with Crippen molar-refractivity contribution < 1.29 is 24.6 Å². The number of aryl methyl sites for hydroxylation is 2. The van der Waals surface area contributed by atoms with Gasteiger partial charge in [0.2, 0.25) is 0 Å². The minimum Gasteiger partial charge on any atom is -0.504 e. The lowest BCUT2D eigenvalue weighted by Crippen LogP contribution is -2.41. The zero-order valence-corrected chi connectivity index (χ0v) is 19.1. The molecule has 0 radical (unpaired) electrons. The van der Waals surface area contributed by atoms with Gasteiger partial charge in [0.05, 0.1) is 18.2 Å². The molecule has 0 saturated heterocycles. The van der Waals surface area contributed by atoms with E-state index in [1.807, 2.05) is 50.2 Å². The highest BCUT2D eigenvalue weighted by Gasteiger charge is 2.31. The van der Waals surface area contributed by atoms with Crippen LogP contribution in [-0.2, 0) is 9.59 Å². The highest BCUT2D eigenvalue weighted by atomic mass is 16.4. The quantitative estimate of drug-likeness (QED) is 0.446. The van der Waals surface area contributed by atoms with Crippen molar-refractivity contribution in [2.24, 2.45) is 0 Å². The lowest BCUT2D eigenvalue weighted by atomic mass is 9.93. The summed E-state index contributed by atoms with van der Waals surface area (Å²) in [5.74, 6) is -1.75. The third-order valence-electron chi connectivity index (χ3n) is 6.19. The summed E-state index contributed by atoms with van der Waals surface area (Å²) in [5.41, 5.74) is 5.88. The molecule has 34 heavy (non-hydrogen) atoms. The fourth-order valence-electron chi connectivity index (χ4n) is 4.60. The molecule has 4 rings (SSSR count). The number of aliphatic carboxylic acids is 1. The molecule has 0 aromatic heterocycles. The number of urea groups is 1. The summed E-state index contributed by atoms with van der Waals surface area (Å²) in [6.45, 7) is 4.65. The van der Waals surface area contributed by atoms with Gasteiger partial charge >= 0.3 is 12.0 Å². The van der Waals surface area contributed by atoms with Gasteiger partial charge in [0.15, 0.2) is 11.5 Å². The maximum atomic E-state index is 12.8. The van der Waals surface area contributed by atoms with E-state index in [9.17, 15) is 24.6 Å². The molecule has 2 amide bonds. The third kappa shape index (κ3) is 4.66. The highest BCUT2D eigenvalue weighted by Crippen LogP contribution is 2.31. The summed E-state index contributed by atoms with van der Waals surface area (Å²) < 4.78 is 0. The SMILES string of the molecule is Cc1cccc(C)c1-c1cccc([C@H](CC(=O)O)NC(=O)NC2=C(O)C3=C(CCN3)CC2=O)c1. The molecule has 8 nitrogen and oxygen atoms in total. The second-order valence-corrected chi connectivity index (χ2v) is 8.62. The number of ketones is 1. The van der Waals surface area contributed by atoms with Gasteiger partial charge in [-0.3, -0.25) is 9.59 Å². The molecule has 0 bridgehead atoms. The molecule has 1 aliphatic heterocycles. The molecule has 2 aliphatic rings. The number of carbonyl (C=O) groups is 3. The molecule has 0 unspecified atom stereocenters. The number of carboxylic acids is 1. The van der Waals surface area contributed by atoms with E-state index >= 15 is 0 Å². The van der Waals surface area contributed by atoms with Gasteiger partial charge in [-0.2, -0.15) is 0 Å². The Kier molecular flexibility index (Phi) is 6.40. The molecule has 2 aromatic carbocycles. The van der Waals surface area contributed by atoms with E-state index < -0.39 is 18.0 Å². The van der Waals surface area contributed by atoms with Crippen LogP contribution in [0.15, 0.2) is 65.2 Å². The number of nitrogens with one attached hydrogen (secondary N) is 3. The Balaban J connectivity index is 1.59. The smallest absolute Gasteiger partial charge is 0.319 e. The number of aliphatic hydroxyl groups excluding tert-OH is 1. The van der Waals surface area contributed by atoms with E-state index in [1.165, 1.54) is 0 Å². The van der Waals surface area contributed by atoms with Crippen molar-refractivity contribution in [3.63, 3.8) is 0 Å². The fourth-order valence-corrected chi connectivity index (χ4v) is 4.60. The predicted octanol–water partition coefficient (Wildman–Crippen LogP) is 3.78. The van der Waals surface area contributed by atoms with Crippen LogP contribution in [-0.4, -0.2) is 34.5 Å². The number of amides is 2. The minimum absolute atomic E-state index is 0.123. The summed E-state index contributed by atoms with van der Waals surface area (Å²) in [5, 5.41) is 28.0. The van der Waals surface area contributed by atoms with E-state index in [-0.39, 0.29) is 30.1 Å². The second kappa shape index (κ2) is 9.43. The number of carboxylic acid groups (broad SMARTS) is 1. The Morgan fingerprint density at radius 3 is 2.53 bits per heavy atom. The van der Waals surface area contributed by atoms with Crippen molar-refractivity contribution in [3.05, 3.63) is 81.9 Å². The average molecular weight is 462 g/mol. The Hall–Kier alpha value is -4.07. The number of Topliss-reactive ketones (excluding diaryl/α,β-unsaturated/α-hetero) is 1. The molecule has 0 fully saturated rings. The summed E-state index contributed by atoms with van der Waals surface area (Å²) in [6.07, 6.45) is 0.444. The van der Waals surface area contributed by atoms with Crippen LogP contribution in [0.1, 0.15) is 42.0 Å². The maximum Gasteiger partial charge on any atom is 0.319 e. The maximum absolute atomic E-state index is 12.8. The van der Waals surface area contributed by atoms with Crippen molar-refractivity contribution in [3.8, 4) is 11.1 Å². The minimum atomic E-state index is -1.08. The van der Waals surface area contributed by atoms with E-state index in [4.69, 9.17) is 0 Å². The molecule has 8 heteroatoms. The first-order valence-corrected chi connectivity index (χ1v) is 11.1. The summed E-state index contributed by atoms with van der Waals surface area (Å²) in [6, 6.07) is 11.8. The van der Waals surface area contributed by atoms with E-state index in [1.54, 1.807) is 6.07 Å². The fraction of sp³-hybridized carbons (Fsp3) is 0.269. The first-order chi connectivity index (χ1) is 16.2. The number of carbonyl (C=O) groups excluding carboxylic acids is 2. The second-order valence-electron chi connectivity index (χ2n) is 8.62. The van der Waals surface area contributed by atoms with E-state index in [2.05, 4.69) is 16.0 Å². The van der Waals surface area contributed by atoms with Gasteiger partial charge in [0.25, 0.3) is 0 Å². The van der Waals surface area contributed by atoms with Crippen LogP contribution in [0.5, 0.6) is 0 Å². The molecular weight excluding hydrogens is 434 g/mol. The topological polar surface area (TPSA) is 128 Å². The van der Waals surface area contributed by atoms with Crippen LogP contribution < -0.4 is 16.0 Å². The van der Waals surface area contributed by atoms with Gasteiger partial charge in [0, 0.05) is 13.0 Å². The summed E-state index contributed by atoms with van der Waals surface area (Å²) >= 11 is 0. The van der Waals surface area contributed by atoms with Gasteiger partial charge in [-0.25, -0.2) is 4.79 Å². The molecule has 0 spiro atoms. The Labute approximate surface area is 197 Å². The molecule has 176 valence electrons. The summed E-state index contributed by atoms with van der Waals surface area (Å²) in [7, 11) is 0. The zero-order valence-electron chi connectivity index (χ0n) is 19.1. The van der Waals surface area contributed by atoms with Gasteiger partial charge in [0.1, 0.15) is 5.70 Å². The number of benzene rings is 2. The normalized spacial score (nSPS) is 16.1. The molecule has 1 aliphatic carbocycles. The molecule has 5 N–H and O–H groups in total. The van der Waals surface area contributed by atoms with E-state index in [0.717, 1.165) is 27.8 Å². The monoisotopic (exact) mass is 461 g/mol. The standard InChI is InChI=1S/C26H27N3O5/c1-14-5-3-6-15(2)22(14)17-8-4-7-16(11-17)19(13-21(31)32)28-26(34)29-24-20(30)12-18-9-10-27-23(18)25(24)33/h3-8,11,19,27,33H,9-10,12-13H2,1-2H3,(H,31,32)(H2,28,29,34)/t19-/m0/s1. The molecular formula is C26H27N3O5. The number of rotatable bonds is 6. The van der Waals surface area contributed by atoms with Crippen molar-refractivity contribution in [2.75, 3.05) is 6.54 Å². The molecule has 1 atom stereocenters. The Morgan fingerprint density at radius 1 is 1.12 bits per heavy atom. The van der Waals surface area contributed by atoms with Gasteiger partial charge in [-0.15, -0.1) is 0 Å². The molecule has 1 heterocycles. The van der Waals surface area contributed by atoms with Crippen molar-refractivity contribution >= 4 is 17.8 Å². The molecule has 2 aromatic rings. The first-order valence-electron chi connectivity index (χ1n) is 11.1. The lowest BCUT2D eigenvalue weighted by molar-refractivity contribution is -0.137. The van der Waals surface area contributed by atoms with E-state index in [0.29, 0.717) is 24.2 Å². The van der Waals surface area contributed by atoms with Crippen molar-refractivity contribution in [1.29, 1.82) is 0 Å². The van der Waals surface area contributed by atoms with Crippen LogP contribution in [0, 0.1) is 13.8 Å². The van der Waals surface area contributed by atoms with Gasteiger partial charge in [-0.05, 0) is 59.7 Å². The zero-order chi connectivity index (χ0) is 24.4. The van der Waals surface area contributed by atoms with Crippen LogP contribution in [0.2, 0.25) is 0 Å². The van der Waals surface area contributed by atoms with Crippen LogP contribution >= 0.6 is 0 Å². The third-order valence-corrected chi connectivity index (χ3v) is 6.19. The lowest BCUT2D eigenvalue weighted by Gasteiger charge is -2.22. The first kappa shape index (κ1) is 23.1. The Bertz CT molecular complexity index is 1220. The van der Waals surface area contributed by atoms with Crippen molar-refractivity contribution in [1.82, 2.24) is 16.0 Å². The number of aliphatic hydroxyl groups is 1. The predicted molar refractivity (Wildman–Crippen MR) is 127 cm³/mol. The summed E-state index contributed by atoms with van der Waals surface area (Å²) in [4.78, 5) is 36.8. The number of hydrogen-bond donors (Lipinski definition) is 5. The van der Waals surface area contributed by atoms with Crippen LogP contribution in [0.4, 0.5) is 4.79 Å². The average Bonchev–Trinajstić information content (AvgIpc) is 3.24. The van der Waals surface area contributed by atoms with Crippen LogP contribution in [0.25, 0.3) is 11.1 Å². The molecule has 0 saturated carbocycles. The van der Waals surface area contributed by atoms with Crippen molar-refractivity contribution in [2.45, 2.75) is 39.2 Å². The largest absolute Gasteiger partial charge is 0.504 e. The van der Waals surface area contributed by atoms with Gasteiger partial charge in [-0.1, -0.05) is 36.4 Å². The number of hydrogen-bond acceptors (Lipinski definition) is 5. The highest BCUT2D eigenvalue weighted by molar-refractivity contribution is 6.02. The van der Waals surface area contributed by atoms with Crippen LogP contribution in [0.3, 0.4) is 0 Å². The Morgan fingerprint density at radius 2 is 1.82 bits per heavy atom. The number of allylic oxidation sites excluding steroid dienone is 1. The van der Waals surface area contributed by atoms with Gasteiger partial charge < -0.3 is 26.2 Å².